The zero-order valence-corrected chi connectivity index (χ0v) is 15.1. The monoisotopic (exact) mass is 385 g/mol. The van der Waals surface area contributed by atoms with Crippen LogP contribution in [-0.4, -0.2) is 31.8 Å². The number of esters is 1. The van der Waals surface area contributed by atoms with E-state index in [9.17, 15) is 17.6 Å². The Morgan fingerprint density at radius 2 is 1.88 bits per heavy atom. The summed E-state index contributed by atoms with van der Waals surface area (Å²) in [6.45, 7) is 1.21. The van der Waals surface area contributed by atoms with E-state index in [0.29, 0.717) is 5.56 Å². The highest BCUT2D eigenvalue weighted by molar-refractivity contribution is 7.89. The van der Waals surface area contributed by atoms with Crippen molar-refractivity contribution >= 4 is 27.6 Å². The van der Waals surface area contributed by atoms with E-state index in [1.54, 1.807) is 13.0 Å². The van der Waals surface area contributed by atoms with Crippen LogP contribution in [0.5, 0.6) is 0 Å². The smallest absolute Gasteiger partial charge is 0.321 e. The Labute approximate surface area is 151 Å². The lowest BCUT2D eigenvalue weighted by atomic mass is 10.2. The van der Waals surface area contributed by atoms with Crippen molar-refractivity contribution in [2.75, 3.05) is 13.2 Å². The highest BCUT2D eigenvalue weighted by Gasteiger charge is 2.27. The van der Waals surface area contributed by atoms with Crippen LogP contribution in [0.2, 0.25) is 5.02 Å². The molecule has 25 heavy (non-hydrogen) atoms. The number of sulfonamides is 1. The van der Waals surface area contributed by atoms with Gasteiger partial charge in [0.2, 0.25) is 10.0 Å². The van der Waals surface area contributed by atoms with Crippen LogP contribution in [-0.2, 0) is 26.1 Å². The largest absolute Gasteiger partial charge is 0.465 e. The van der Waals surface area contributed by atoms with Gasteiger partial charge in [-0.15, -0.1) is 0 Å². The van der Waals surface area contributed by atoms with Crippen LogP contribution in [0.4, 0.5) is 4.39 Å². The summed E-state index contributed by atoms with van der Waals surface area (Å²) in [5.74, 6) is -1.10. The molecule has 0 aromatic heterocycles. The lowest BCUT2D eigenvalue weighted by Crippen LogP contribution is -2.36. The van der Waals surface area contributed by atoms with Crippen LogP contribution in [0.15, 0.2) is 53.4 Å². The summed E-state index contributed by atoms with van der Waals surface area (Å²) in [5.41, 5.74) is 0.538. The first-order valence-corrected chi connectivity index (χ1v) is 9.30. The molecular weight excluding hydrogens is 369 g/mol. The quantitative estimate of drug-likeness (QED) is 0.686. The van der Waals surface area contributed by atoms with E-state index in [2.05, 4.69) is 0 Å². The van der Waals surface area contributed by atoms with Gasteiger partial charge in [-0.1, -0.05) is 29.8 Å². The standard InChI is InChI=1S/C17H17ClFNO4S/c1-2-24-17(21)12-20(11-13-6-8-15(19)9-7-13)25(22,23)16-5-3-4-14(18)10-16/h3-10H,2,11-12H2,1H3. The van der Waals surface area contributed by atoms with Crippen molar-refractivity contribution in [2.45, 2.75) is 18.4 Å². The summed E-state index contributed by atoms with van der Waals surface area (Å²) in [6, 6.07) is 11.1. The Bertz CT molecular complexity index is 840. The summed E-state index contributed by atoms with van der Waals surface area (Å²) in [4.78, 5) is 11.8. The molecule has 0 saturated carbocycles. The van der Waals surface area contributed by atoms with Gasteiger partial charge in [0.25, 0.3) is 0 Å². The van der Waals surface area contributed by atoms with Crippen molar-refractivity contribution in [2.24, 2.45) is 0 Å². The minimum Gasteiger partial charge on any atom is -0.465 e. The number of rotatable bonds is 7. The van der Waals surface area contributed by atoms with E-state index in [0.717, 1.165) is 4.31 Å². The number of halogens is 2. The summed E-state index contributed by atoms with van der Waals surface area (Å²) in [7, 11) is -3.99. The fraction of sp³-hybridized carbons (Fsp3) is 0.235. The van der Waals surface area contributed by atoms with E-state index in [1.807, 2.05) is 0 Å². The molecule has 0 aliphatic rings. The average Bonchev–Trinajstić information content (AvgIpc) is 2.56. The molecule has 0 atom stereocenters. The summed E-state index contributed by atoms with van der Waals surface area (Å²) < 4.78 is 44.6. The molecule has 0 saturated heterocycles. The molecule has 0 amide bonds. The van der Waals surface area contributed by atoms with Crippen molar-refractivity contribution in [3.05, 3.63) is 64.9 Å². The molecule has 2 aromatic carbocycles. The molecule has 0 radical (unpaired) electrons. The molecule has 8 heteroatoms. The van der Waals surface area contributed by atoms with E-state index in [4.69, 9.17) is 16.3 Å². The fourth-order valence-corrected chi connectivity index (χ4v) is 3.82. The van der Waals surface area contributed by atoms with Gasteiger partial charge in [-0.3, -0.25) is 4.79 Å². The highest BCUT2D eigenvalue weighted by atomic mass is 35.5. The van der Waals surface area contributed by atoms with E-state index in [-0.39, 0.29) is 23.1 Å². The maximum absolute atomic E-state index is 13.1. The molecule has 0 spiro atoms. The minimum atomic E-state index is -3.99. The van der Waals surface area contributed by atoms with Gasteiger partial charge in [-0.05, 0) is 42.8 Å². The molecule has 0 unspecified atom stereocenters. The van der Waals surface area contributed by atoms with Crippen LogP contribution in [0.25, 0.3) is 0 Å². The fourth-order valence-electron chi connectivity index (χ4n) is 2.15. The van der Waals surface area contributed by atoms with E-state index in [1.165, 1.54) is 42.5 Å². The third-order valence-corrected chi connectivity index (χ3v) is 5.34. The second-order valence-electron chi connectivity index (χ2n) is 5.16. The zero-order valence-electron chi connectivity index (χ0n) is 13.5. The highest BCUT2D eigenvalue weighted by Crippen LogP contribution is 2.21. The Balaban J connectivity index is 2.35. The van der Waals surface area contributed by atoms with Crippen molar-refractivity contribution in [3.63, 3.8) is 0 Å². The summed E-state index contributed by atoms with van der Waals surface area (Å²) in [5, 5.41) is 0.263. The van der Waals surface area contributed by atoms with Crippen molar-refractivity contribution < 1.29 is 22.3 Å². The molecule has 2 rings (SSSR count). The maximum Gasteiger partial charge on any atom is 0.321 e. The van der Waals surface area contributed by atoms with Crippen LogP contribution >= 0.6 is 11.6 Å². The molecule has 134 valence electrons. The summed E-state index contributed by atoms with van der Waals surface area (Å²) in [6.07, 6.45) is 0. The molecule has 2 aromatic rings. The number of hydrogen-bond donors (Lipinski definition) is 0. The Hall–Kier alpha value is -1.96. The first kappa shape index (κ1) is 19.4. The predicted octanol–water partition coefficient (Wildman–Crippen LogP) is 3.23. The van der Waals surface area contributed by atoms with E-state index < -0.39 is 28.4 Å². The first-order chi connectivity index (χ1) is 11.8. The van der Waals surface area contributed by atoms with Crippen molar-refractivity contribution in [3.8, 4) is 0 Å². The third-order valence-electron chi connectivity index (χ3n) is 3.32. The number of carbonyl (C=O) groups is 1. The molecular formula is C17H17ClFNO4S. The summed E-state index contributed by atoms with van der Waals surface area (Å²) >= 11 is 5.87. The lowest BCUT2D eigenvalue weighted by Gasteiger charge is -2.21. The Morgan fingerprint density at radius 3 is 2.48 bits per heavy atom. The van der Waals surface area contributed by atoms with Gasteiger partial charge in [0.05, 0.1) is 11.5 Å². The second-order valence-corrected chi connectivity index (χ2v) is 7.54. The van der Waals surface area contributed by atoms with Crippen LogP contribution in [0, 0.1) is 5.82 Å². The number of hydrogen-bond acceptors (Lipinski definition) is 4. The lowest BCUT2D eigenvalue weighted by molar-refractivity contribution is -0.143. The molecule has 0 heterocycles. The van der Waals surface area contributed by atoms with Crippen LogP contribution in [0.1, 0.15) is 12.5 Å². The molecule has 0 bridgehead atoms. The van der Waals surface area contributed by atoms with Gasteiger partial charge in [0.15, 0.2) is 0 Å². The first-order valence-electron chi connectivity index (χ1n) is 7.48. The number of carbonyl (C=O) groups excluding carboxylic acids is 1. The predicted molar refractivity (Wildman–Crippen MR) is 92.1 cm³/mol. The maximum atomic E-state index is 13.1. The number of ether oxygens (including phenoxy) is 1. The van der Waals surface area contributed by atoms with E-state index >= 15 is 0 Å². The topological polar surface area (TPSA) is 63.7 Å². The van der Waals surface area contributed by atoms with Crippen LogP contribution < -0.4 is 0 Å². The van der Waals surface area contributed by atoms with Gasteiger partial charge in [0, 0.05) is 11.6 Å². The van der Waals surface area contributed by atoms with Crippen molar-refractivity contribution in [1.29, 1.82) is 0 Å². The van der Waals surface area contributed by atoms with Gasteiger partial charge < -0.3 is 4.74 Å². The molecule has 0 N–H and O–H groups in total. The normalized spacial score (nSPS) is 11.5. The van der Waals surface area contributed by atoms with Gasteiger partial charge in [-0.2, -0.15) is 4.31 Å². The Morgan fingerprint density at radius 1 is 1.20 bits per heavy atom. The van der Waals surface area contributed by atoms with Crippen LogP contribution in [0.3, 0.4) is 0 Å². The average molecular weight is 386 g/mol. The minimum absolute atomic E-state index is 0.0357. The molecule has 0 aliphatic carbocycles. The second kappa shape index (κ2) is 8.42. The molecule has 0 aliphatic heterocycles. The number of benzene rings is 2. The SMILES string of the molecule is CCOC(=O)CN(Cc1ccc(F)cc1)S(=O)(=O)c1cccc(Cl)c1. The zero-order chi connectivity index (χ0) is 18.4. The third kappa shape index (κ3) is 5.26. The van der Waals surface area contributed by atoms with Gasteiger partial charge in [-0.25, -0.2) is 12.8 Å². The van der Waals surface area contributed by atoms with Gasteiger partial charge in [0.1, 0.15) is 12.4 Å². The molecule has 0 fully saturated rings. The van der Waals surface area contributed by atoms with Crippen molar-refractivity contribution in [1.82, 2.24) is 4.31 Å². The van der Waals surface area contributed by atoms with Gasteiger partial charge >= 0.3 is 5.97 Å². The number of nitrogens with zero attached hydrogens (tertiary/aromatic N) is 1. The molecule has 5 nitrogen and oxygen atoms in total. The Kier molecular flexibility index (Phi) is 6.52.